The lowest BCUT2D eigenvalue weighted by Gasteiger charge is -1.80. The van der Waals surface area contributed by atoms with Crippen LogP contribution in [0.15, 0.2) is 21.7 Å². The van der Waals surface area contributed by atoms with Crippen molar-refractivity contribution >= 4 is 24.3 Å². The van der Waals surface area contributed by atoms with Gasteiger partial charge in [-0.1, -0.05) is 11.6 Å². The zero-order valence-electron chi connectivity index (χ0n) is 4.21. The predicted octanol–water partition coefficient (Wildman–Crippen LogP) is 0.712. The molecular formula is C4H6ClN3. The monoisotopic (exact) mass is 131 g/mol. The van der Waals surface area contributed by atoms with Gasteiger partial charge in [-0.3, -0.25) is 0 Å². The number of hydrogen-bond acceptors (Lipinski definition) is 1. The standard InChI is InChI=1S/C4H6ClN3/c1-7-4(6)8-3-2-5/h2-3H,1H2,(H2,6,8)/b3-2+. The Balaban J connectivity index is 3.74. The number of rotatable bonds is 1. The summed E-state index contributed by atoms with van der Waals surface area (Å²) in [5.41, 5.74) is 6.30. The summed E-state index contributed by atoms with van der Waals surface area (Å²) in [6.07, 6.45) is 1.32. The van der Waals surface area contributed by atoms with Gasteiger partial charge >= 0.3 is 0 Å². The largest absolute Gasteiger partial charge is 0.368 e. The van der Waals surface area contributed by atoms with Gasteiger partial charge in [0.15, 0.2) is 0 Å². The van der Waals surface area contributed by atoms with Crippen LogP contribution in [-0.2, 0) is 0 Å². The van der Waals surface area contributed by atoms with Crippen molar-refractivity contribution in [3.05, 3.63) is 11.7 Å². The lowest BCUT2D eigenvalue weighted by Crippen LogP contribution is -2.05. The molecule has 0 saturated heterocycles. The van der Waals surface area contributed by atoms with Crippen LogP contribution in [0, 0.1) is 0 Å². The van der Waals surface area contributed by atoms with Gasteiger partial charge in [0, 0.05) is 11.7 Å². The van der Waals surface area contributed by atoms with Crippen molar-refractivity contribution in [3.63, 3.8) is 0 Å². The van der Waals surface area contributed by atoms with Gasteiger partial charge in [-0.05, 0) is 6.72 Å². The smallest absolute Gasteiger partial charge is 0.219 e. The Hall–Kier alpha value is -0.830. The highest BCUT2D eigenvalue weighted by molar-refractivity contribution is 6.25. The molecule has 0 heterocycles. The zero-order chi connectivity index (χ0) is 6.41. The number of nitrogens with two attached hydrogens (primary N) is 1. The topological polar surface area (TPSA) is 50.7 Å². The molecule has 0 spiro atoms. The van der Waals surface area contributed by atoms with Gasteiger partial charge in [0.1, 0.15) is 0 Å². The second kappa shape index (κ2) is 4.33. The van der Waals surface area contributed by atoms with Gasteiger partial charge in [-0.2, -0.15) is 0 Å². The van der Waals surface area contributed by atoms with E-state index in [2.05, 4.69) is 16.7 Å². The molecule has 0 aromatic carbocycles. The van der Waals surface area contributed by atoms with E-state index >= 15 is 0 Å². The summed E-state index contributed by atoms with van der Waals surface area (Å²) in [5.74, 6) is 0.113. The predicted molar refractivity (Wildman–Crippen MR) is 36.2 cm³/mol. The molecule has 0 unspecified atom stereocenters. The third-order valence-corrected chi connectivity index (χ3v) is 0.538. The van der Waals surface area contributed by atoms with E-state index in [0.717, 1.165) is 0 Å². The van der Waals surface area contributed by atoms with Crippen LogP contribution in [0.1, 0.15) is 0 Å². The third kappa shape index (κ3) is 3.36. The summed E-state index contributed by atoms with van der Waals surface area (Å²) < 4.78 is 0. The van der Waals surface area contributed by atoms with E-state index in [1.54, 1.807) is 0 Å². The fourth-order valence-electron chi connectivity index (χ4n) is 0.145. The van der Waals surface area contributed by atoms with E-state index < -0.39 is 0 Å². The average molecular weight is 132 g/mol. The minimum atomic E-state index is 0.113. The van der Waals surface area contributed by atoms with E-state index in [0.29, 0.717) is 0 Å². The van der Waals surface area contributed by atoms with Gasteiger partial charge in [0.2, 0.25) is 5.96 Å². The first kappa shape index (κ1) is 7.17. The van der Waals surface area contributed by atoms with Gasteiger partial charge < -0.3 is 5.73 Å². The molecule has 0 bridgehead atoms. The Bertz CT molecular complexity index is 127. The second-order valence-electron chi connectivity index (χ2n) is 0.920. The first-order valence-corrected chi connectivity index (χ1v) is 2.30. The van der Waals surface area contributed by atoms with E-state index in [1.165, 1.54) is 11.7 Å². The molecule has 44 valence electrons. The van der Waals surface area contributed by atoms with Crippen molar-refractivity contribution in [2.75, 3.05) is 0 Å². The van der Waals surface area contributed by atoms with Crippen LogP contribution < -0.4 is 5.73 Å². The number of hydrogen-bond donors (Lipinski definition) is 1. The van der Waals surface area contributed by atoms with Crippen LogP contribution in [0.25, 0.3) is 0 Å². The van der Waals surface area contributed by atoms with E-state index in [1.807, 2.05) is 0 Å². The number of guanidine groups is 1. The molecule has 0 aliphatic heterocycles. The fourth-order valence-corrected chi connectivity index (χ4v) is 0.202. The summed E-state index contributed by atoms with van der Waals surface area (Å²) in [5, 5.41) is 0. The Morgan fingerprint density at radius 1 is 1.75 bits per heavy atom. The van der Waals surface area contributed by atoms with Crippen LogP contribution in [-0.4, -0.2) is 12.7 Å². The second-order valence-corrected chi connectivity index (χ2v) is 1.17. The molecule has 0 aromatic heterocycles. The Morgan fingerprint density at radius 2 is 2.38 bits per heavy atom. The fraction of sp³-hybridized carbons (Fsp3) is 0. The summed E-state index contributed by atoms with van der Waals surface area (Å²) >= 11 is 5.10. The molecule has 0 rings (SSSR count). The molecule has 0 fully saturated rings. The molecule has 0 aromatic rings. The van der Waals surface area contributed by atoms with E-state index in [9.17, 15) is 0 Å². The molecule has 4 heteroatoms. The maximum absolute atomic E-state index is 5.10. The first-order valence-electron chi connectivity index (χ1n) is 1.86. The minimum Gasteiger partial charge on any atom is -0.368 e. The SMILES string of the molecule is C=NC(N)=N/C=C/Cl. The molecule has 2 N–H and O–H groups in total. The summed E-state index contributed by atoms with van der Waals surface area (Å²) in [4.78, 5) is 6.81. The highest BCUT2D eigenvalue weighted by Crippen LogP contribution is 1.79. The van der Waals surface area contributed by atoms with Crippen LogP contribution in [0.5, 0.6) is 0 Å². The average Bonchev–Trinajstić information content (AvgIpc) is 1.83. The van der Waals surface area contributed by atoms with Crippen LogP contribution in [0.3, 0.4) is 0 Å². The van der Waals surface area contributed by atoms with Crippen LogP contribution in [0.4, 0.5) is 0 Å². The molecule has 0 aliphatic carbocycles. The zero-order valence-corrected chi connectivity index (χ0v) is 4.97. The molecular weight excluding hydrogens is 126 g/mol. The maximum atomic E-state index is 5.10. The summed E-state index contributed by atoms with van der Waals surface area (Å²) in [6.45, 7) is 3.13. The number of aliphatic imine (C=N–C) groups is 2. The Morgan fingerprint density at radius 3 is 2.75 bits per heavy atom. The molecule has 8 heavy (non-hydrogen) atoms. The van der Waals surface area contributed by atoms with Crippen molar-refractivity contribution in [1.29, 1.82) is 0 Å². The van der Waals surface area contributed by atoms with Crippen LogP contribution in [0.2, 0.25) is 0 Å². The Labute approximate surface area is 52.6 Å². The van der Waals surface area contributed by atoms with Crippen molar-refractivity contribution in [3.8, 4) is 0 Å². The lowest BCUT2D eigenvalue weighted by atomic mass is 10.9. The van der Waals surface area contributed by atoms with Gasteiger partial charge in [0.25, 0.3) is 0 Å². The molecule has 3 nitrogen and oxygen atoms in total. The maximum Gasteiger partial charge on any atom is 0.219 e. The van der Waals surface area contributed by atoms with Gasteiger partial charge in [-0.25, -0.2) is 9.98 Å². The highest BCUT2D eigenvalue weighted by atomic mass is 35.5. The molecule has 0 radical (unpaired) electrons. The van der Waals surface area contributed by atoms with E-state index in [4.69, 9.17) is 17.3 Å². The van der Waals surface area contributed by atoms with Crippen LogP contribution >= 0.6 is 11.6 Å². The normalized spacial score (nSPS) is 12.4. The molecule has 0 atom stereocenters. The molecule has 0 aliphatic rings. The van der Waals surface area contributed by atoms with Gasteiger partial charge in [0.05, 0.1) is 0 Å². The number of nitrogens with zero attached hydrogens (tertiary/aromatic N) is 2. The van der Waals surface area contributed by atoms with Gasteiger partial charge in [-0.15, -0.1) is 0 Å². The summed E-state index contributed by atoms with van der Waals surface area (Å²) in [7, 11) is 0. The van der Waals surface area contributed by atoms with E-state index in [-0.39, 0.29) is 5.96 Å². The van der Waals surface area contributed by atoms with Crippen molar-refractivity contribution in [2.45, 2.75) is 0 Å². The number of halogens is 1. The molecule has 0 saturated carbocycles. The third-order valence-electron chi connectivity index (χ3n) is 0.425. The van der Waals surface area contributed by atoms with Crippen molar-refractivity contribution in [1.82, 2.24) is 0 Å². The van der Waals surface area contributed by atoms with Crippen molar-refractivity contribution < 1.29 is 0 Å². The highest BCUT2D eigenvalue weighted by Gasteiger charge is 1.73. The Kier molecular flexibility index (Phi) is 3.88. The first-order chi connectivity index (χ1) is 3.81. The minimum absolute atomic E-state index is 0.113. The lowest BCUT2D eigenvalue weighted by molar-refractivity contribution is 1.44. The van der Waals surface area contributed by atoms with Crippen molar-refractivity contribution in [2.24, 2.45) is 15.7 Å². The molecule has 0 amide bonds. The quantitative estimate of drug-likeness (QED) is 0.414. The summed E-state index contributed by atoms with van der Waals surface area (Å²) in [6, 6.07) is 0.